The number of aromatic amines is 1. The van der Waals surface area contributed by atoms with E-state index < -0.39 is 27.2 Å². The molecule has 0 aliphatic carbocycles. The number of benzene rings is 1. The smallest absolute Gasteiger partial charge is 0.264 e. The van der Waals surface area contributed by atoms with Gasteiger partial charge < -0.3 is 4.40 Å². The number of nitrogens with one attached hydrogen (secondary N) is 2. The van der Waals surface area contributed by atoms with Crippen molar-refractivity contribution in [2.45, 2.75) is 30.2 Å². The minimum Gasteiger partial charge on any atom is -0.305 e. The summed E-state index contributed by atoms with van der Waals surface area (Å²) in [6.07, 6.45) is 5.50. The van der Waals surface area contributed by atoms with Crippen LogP contribution in [-0.4, -0.2) is 38.0 Å². The summed E-state index contributed by atoms with van der Waals surface area (Å²) in [5.41, 5.74) is -0.927. The molecule has 196 valence electrons. The number of fused-ring (bicyclic) bond motifs is 1. The lowest BCUT2D eigenvalue weighted by Crippen LogP contribution is -2.25. The fraction of sp³-hybridized carbons (Fsp3) is 0.167. The average molecular weight is 560 g/mol. The first-order valence-electron chi connectivity index (χ1n) is 11.2. The summed E-state index contributed by atoms with van der Waals surface area (Å²) in [4.78, 5) is 19.2. The van der Waals surface area contributed by atoms with Crippen molar-refractivity contribution < 1.29 is 22.0 Å². The van der Waals surface area contributed by atoms with Crippen LogP contribution in [0.4, 0.5) is 8.78 Å². The zero-order valence-electron chi connectivity index (χ0n) is 19.9. The second-order valence-corrected chi connectivity index (χ2v) is 10.6. The highest BCUT2D eigenvalue weighted by molar-refractivity contribution is 7.89. The number of hydrogen-bond donors (Lipinski definition) is 2. The molecule has 1 unspecified atom stereocenters. The van der Waals surface area contributed by atoms with Gasteiger partial charge in [-0.05, 0) is 30.3 Å². The molecule has 0 saturated heterocycles. The summed E-state index contributed by atoms with van der Waals surface area (Å²) in [7, 11) is -4.13. The van der Waals surface area contributed by atoms with E-state index in [2.05, 4.69) is 25.1 Å². The molecule has 0 aliphatic rings. The third-order valence-corrected chi connectivity index (χ3v) is 7.15. The predicted molar refractivity (Wildman–Crippen MR) is 134 cm³/mol. The van der Waals surface area contributed by atoms with Crippen molar-refractivity contribution in [3.05, 3.63) is 84.3 Å². The number of sulfonamides is 1. The molecule has 0 radical (unpaired) electrons. The van der Waals surface area contributed by atoms with Crippen molar-refractivity contribution in [1.82, 2.24) is 34.4 Å². The SMILES string of the molecule is CC(C)c1nc(-c2ncn3cc(-c4c(F)ccc(C(Cl)ONS(=O)(=O)c5cccnc5)c4F)ccc23)n[nH]1. The Hall–Kier alpha value is -3.78. The molecule has 5 rings (SSSR count). The Morgan fingerprint density at radius 2 is 1.97 bits per heavy atom. The molecule has 1 aromatic carbocycles. The number of aromatic nitrogens is 6. The van der Waals surface area contributed by atoms with E-state index in [0.29, 0.717) is 22.9 Å². The van der Waals surface area contributed by atoms with Crippen molar-refractivity contribution in [2.24, 2.45) is 0 Å². The maximum atomic E-state index is 15.5. The van der Waals surface area contributed by atoms with Crippen molar-refractivity contribution in [3.63, 3.8) is 0 Å². The molecule has 14 heteroatoms. The predicted octanol–water partition coefficient (Wildman–Crippen LogP) is 4.73. The maximum absolute atomic E-state index is 15.5. The van der Waals surface area contributed by atoms with Crippen LogP contribution in [0.15, 0.2) is 66.2 Å². The van der Waals surface area contributed by atoms with Crippen LogP contribution in [0.2, 0.25) is 0 Å². The number of pyridine rings is 2. The van der Waals surface area contributed by atoms with Crippen molar-refractivity contribution in [3.8, 4) is 22.6 Å². The second-order valence-electron chi connectivity index (χ2n) is 8.54. The van der Waals surface area contributed by atoms with Crippen molar-refractivity contribution >= 4 is 27.1 Å². The van der Waals surface area contributed by atoms with Crippen LogP contribution in [0.25, 0.3) is 28.2 Å². The maximum Gasteiger partial charge on any atom is 0.264 e. The fourth-order valence-corrected chi connectivity index (χ4v) is 4.73. The molecule has 0 bridgehead atoms. The summed E-state index contributed by atoms with van der Waals surface area (Å²) < 4.78 is 56.7. The van der Waals surface area contributed by atoms with E-state index in [1.165, 1.54) is 36.9 Å². The normalized spacial score (nSPS) is 12.9. The van der Waals surface area contributed by atoms with Gasteiger partial charge in [0, 0.05) is 35.6 Å². The Kier molecular flexibility index (Phi) is 6.92. The molecule has 0 spiro atoms. The summed E-state index contributed by atoms with van der Waals surface area (Å²) in [5.74, 6) is -0.601. The van der Waals surface area contributed by atoms with E-state index in [-0.39, 0.29) is 27.5 Å². The van der Waals surface area contributed by atoms with E-state index in [4.69, 9.17) is 16.4 Å². The number of alkyl halides is 1. The monoisotopic (exact) mass is 559 g/mol. The molecule has 0 amide bonds. The van der Waals surface area contributed by atoms with Crippen LogP contribution >= 0.6 is 11.6 Å². The Morgan fingerprint density at radius 1 is 1.16 bits per heavy atom. The average Bonchev–Trinajstić information content (AvgIpc) is 3.55. The van der Waals surface area contributed by atoms with Gasteiger partial charge in [-0.3, -0.25) is 14.9 Å². The van der Waals surface area contributed by atoms with E-state index in [1.54, 1.807) is 10.5 Å². The Bertz CT molecular complexity index is 1730. The first-order valence-corrected chi connectivity index (χ1v) is 13.2. The minimum absolute atomic E-state index is 0.148. The summed E-state index contributed by atoms with van der Waals surface area (Å²) in [6, 6.07) is 7.98. The van der Waals surface area contributed by atoms with E-state index in [0.717, 1.165) is 18.3 Å². The number of rotatable bonds is 8. The first kappa shape index (κ1) is 25.9. The summed E-state index contributed by atoms with van der Waals surface area (Å²) >= 11 is 6.15. The van der Waals surface area contributed by atoms with Gasteiger partial charge in [0.25, 0.3) is 10.0 Å². The van der Waals surface area contributed by atoms with Crippen molar-refractivity contribution in [2.75, 3.05) is 0 Å². The third-order valence-electron chi connectivity index (χ3n) is 5.65. The minimum atomic E-state index is -4.13. The lowest BCUT2D eigenvalue weighted by atomic mass is 10.0. The van der Waals surface area contributed by atoms with Gasteiger partial charge in [-0.25, -0.2) is 27.2 Å². The lowest BCUT2D eigenvalue weighted by molar-refractivity contribution is 0.0655. The van der Waals surface area contributed by atoms with E-state index in [1.807, 2.05) is 18.7 Å². The zero-order valence-corrected chi connectivity index (χ0v) is 21.5. The zero-order chi connectivity index (χ0) is 27.0. The van der Waals surface area contributed by atoms with Gasteiger partial charge in [0.2, 0.25) is 5.82 Å². The largest absolute Gasteiger partial charge is 0.305 e. The Labute approximate surface area is 220 Å². The van der Waals surface area contributed by atoms with Gasteiger partial charge in [0.1, 0.15) is 34.4 Å². The topological polar surface area (TPSA) is 127 Å². The third kappa shape index (κ3) is 4.88. The first-order chi connectivity index (χ1) is 18.2. The van der Waals surface area contributed by atoms with Crippen LogP contribution < -0.4 is 4.89 Å². The van der Waals surface area contributed by atoms with Gasteiger partial charge in [0.05, 0.1) is 11.1 Å². The number of hydrogen-bond acceptors (Lipinski definition) is 7. The van der Waals surface area contributed by atoms with Crippen LogP contribution in [0.5, 0.6) is 0 Å². The van der Waals surface area contributed by atoms with Gasteiger partial charge >= 0.3 is 0 Å². The Balaban J connectivity index is 1.43. The summed E-state index contributed by atoms with van der Waals surface area (Å²) in [5, 5.41) is 7.09. The highest BCUT2D eigenvalue weighted by Gasteiger charge is 2.24. The van der Waals surface area contributed by atoms with Crippen LogP contribution in [0, 0.1) is 11.6 Å². The highest BCUT2D eigenvalue weighted by atomic mass is 35.5. The standard InChI is InChI=1S/C24H20ClF2N7O3S/c1-13(2)23-30-24(32-31-23)21-18-8-5-14(11-34(18)12-29-21)19-17(26)7-6-16(20(19)27)22(25)37-33-38(35,36)15-4-3-9-28-10-15/h3-13,22,33H,1-2H3,(H,30,31,32). The molecule has 2 N–H and O–H groups in total. The molecule has 0 aliphatic heterocycles. The molecule has 4 heterocycles. The lowest BCUT2D eigenvalue weighted by Gasteiger charge is -2.15. The van der Waals surface area contributed by atoms with E-state index >= 15 is 4.39 Å². The second kappa shape index (κ2) is 10.2. The molecule has 1 atom stereocenters. The Morgan fingerprint density at radius 3 is 2.68 bits per heavy atom. The molecule has 0 saturated carbocycles. The fourth-order valence-electron chi connectivity index (χ4n) is 3.69. The number of nitrogens with zero attached hydrogens (tertiary/aromatic N) is 5. The van der Waals surface area contributed by atoms with Gasteiger partial charge in [-0.1, -0.05) is 36.4 Å². The molecular formula is C24H20ClF2N7O3S. The molecule has 4 aromatic heterocycles. The highest BCUT2D eigenvalue weighted by Crippen LogP contribution is 2.34. The molecular weight excluding hydrogens is 540 g/mol. The molecule has 38 heavy (non-hydrogen) atoms. The summed E-state index contributed by atoms with van der Waals surface area (Å²) in [6.45, 7) is 3.95. The molecule has 5 aromatic rings. The van der Waals surface area contributed by atoms with E-state index in [9.17, 15) is 12.8 Å². The van der Waals surface area contributed by atoms with Gasteiger partial charge in [-0.2, -0.15) is 5.10 Å². The van der Waals surface area contributed by atoms with Crippen molar-refractivity contribution in [1.29, 1.82) is 0 Å². The van der Waals surface area contributed by atoms with Crippen LogP contribution in [-0.2, 0) is 14.9 Å². The van der Waals surface area contributed by atoms with Gasteiger partial charge in [0.15, 0.2) is 5.56 Å². The molecule has 10 nitrogen and oxygen atoms in total. The molecule has 0 fully saturated rings. The number of H-pyrrole nitrogens is 1. The quantitative estimate of drug-likeness (QED) is 0.208. The van der Waals surface area contributed by atoms with Crippen LogP contribution in [0.1, 0.15) is 36.7 Å². The number of imidazole rings is 1. The number of halogens is 3. The van der Waals surface area contributed by atoms with Gasteiger partial charge in [-0.15, -0.1) is 0 Å². The van der Waals surface area contributed by atoms with Crippen LogP contribution in [0.3, 0.4) is 0 Å².